The van der Waals surface area contributed by atoms with Crippen molar-refractivity contribution in [2.75, 3.05) is 32.7 Å². The van der Waals surface area contributed by atoms with Crippen LogP contribution in [0.4, 0.5) is 0 Å². The van der Waals surface area contributed by atoms with Crippen LogP contribution in [-0.2, 0) is 6.42 Å². The predicted molar refractivity (Wildman–Crippen MR) is 57.3 cm³/mol. The van der Waals surface area contributed by atoms with Gasteiger partial charge in [0.25, 0.3) is 0 Å². The molecule has 14 heavy (non-hydrogen) atoms. The van der Waals surface area contributed by atoms with Crippen molar-refractivity contribution in [3.63, 3.8) is 0 Å². The highest BCUT2D eigenvalue weighted by Gasteiger charge is 2.08. The zero-order valence-corrected chi connectivity index (χ0v) is 8.45. The molecule has 0 saturated carbocycles. The predicted octanol–water partition coefficient (Wildman–Crippen LogP) is 0.529. The van der Waals surface area contributed by atoms with Gasteiger partial charge in [0.2, 0.25) is 0 Å². The van der Waals surface area contributed by atoms with Crippen molar-refractivity contribution in [3.8, 4) is 0 Å². The Balaban J connectivity index is 1.76. The lowest BCUT2D eigenvalue weighted by atomic mass is 10.2. The summed E-state index contributed by atoms with van der Waals surface area (Å²) in [5, 5.41) is 3.36. The molecule has 0 aromatic carbocycles. The van der Waals surface area contributed by atoms with Crippen LogP contribution >= 0.6 is 0 Å². The molecule has 0 spiro atoms. The Bertz CT molecular complexity index is 254. The fourth-order valence-corrected chi connectivity index (χ4v) is 1.77. The summed E-state index contributed by atoms with van der Waals surface area (Å²) in [6.07, 6.45) is 4.91. The van der Waals surface area contributed by atoms with Gasteiger partial charge < -0.3 is 10.2 Å². The monoisotopic (exact) mass is 191 g/mol. The molecule has 2 heterocycles. The minimum atomic E-state index is 1.12. The summed E-state index contributed by atoms with van der Waals surface area (Å²) in [6, 6.07) is 4.16. The summed E-state index contributed by atoms with van der Waals surface area (Å²) in [6.45, 7) is 5.79. The summed E-state index contributed by atoms with van der Waals surface area (Å²) in [7, 11) is 0. The molecule has 1 fully saturated rings. The lowest BCUT2D eigenvalue weighted by Gasteiger charge is -2.26. The number of rotatable bonds is 3. The second kappa shape index (κ2) is 5.08. The third kappa shape index (κ3) is 2.79. The maximum atomic E-state index is 4.12. The maximum absolute atomic E-state index is 4.12. The zero-order chi connectivity index (χ0) is 9.64. The van der Waals surface area contributed by atoms with Gasteiger partial charge in [-0.1, -0.05) is 6.07 Å². The van der Waals surface area contributed by atoms with Gasteiger partial charge in [0.15, 0.2) is 0 Å². The normalized spacial score (nSPS) is 18.3. The van der Waals surface area contributed by atoms with Gasteiger partial charge in [0.1, 0.15) is 0 Å². The van der Waals surface area contributed by atoms with E-state index < -0.39 is 0 Å². The molecule has 0 unspecified atom stereocenters. The fourth-order valence-electron chi connectivity index (χ4n) is 1.77. The van der Waals surface area contributed by atoms with Gasteiger partial charge in [0, 0.05) is 45.1 Å². The highest BCUT2D eigenvalue weighted by Crippen LogP contribution is 2.00. The molecule has 3 heteroatoms. The quantitative estimate of drug-likeness (QED) is 0.755. The molecule has 2 rings (SSSR count). The van der Waals surface area contributed by atoms with Gasteiger partial charge in [-0.15, -0.1) is 0 Å². The van der Waals surface area contributed by atoms with Crippen LogP contribution in [0.5, 0.6) is 0 Å². The van der Waals surface area contributed by atoms with Gasteiger partial charge >= 0.3 is 0 Å². The van der Waals surface area contributed by atoms with Crippen LogP contribution in [0.1, 0.15) is 5.56 Å². The number of aromatic nitrogens is 1. The summed E-state index contributed by atoms with van der Waals surface area (Å²) >= 11 is 0. The van der Waals surface area contributed by atoms with Crippen LogP contribution in [0.15, 0.2) is 24.5 Å². The molecular weight excluding hydrogens is 174 g/mol. The Morgan fingerprint density at radius 1 is 1.36 bits per heavy atom. The van der Waals surface area contributed by atoms with E-state index in [9.17, 15) is 0 Å². The summed E-state index contributed by atoms with van der Waals surface area (Å²) in [4.78, 5) is 6.62. The molecule has 1 aromatic heterocycles. The largest absolute Gasteiger partial charge is 0.314 e. The van der Waals surface area contributed by atoms with E-state index in [0.717, 1.165) is 26.1 Å². The molecule has 1 aliphatic rings. The fraction of sp³-hybridized carbons (Fsp3) is 0.545. The van der Waals surface area contributed by atoms with Gasteiger partial charge in [-0.05, 0) is 18.1 Å². The Kier molecular flexibility index (Phi) is 3.49. The standard InChI is InChI=1S/C11H17N3/c1-2-11(10-13-4-1)3-7-14-8-5-12-6-9-14/h1-2,4,10,12H,3,5-9H2. The van der Waals surface area contributed by atoms with E-state index in [0.29, 0.717) is 0 Å². The molecule has 0 bridgehead atoms. The minimum absolute atomic E-state index is 1.12. The smallest absolute Gasteiger partial charge is 0.0300 e. The number of piperazine rings is 1. The molecule has 0 atom stereocenters. The Morgan fingerprint density at radius 2 is 2.21 bits per heavy atom. The van der Waals surface area contributed by atoms with Gasteiger partial charge in [-0.2, -0.15) is 0 Å². The Hall–Kier alpha value is -0.930. The lowest BCUT2D eigenvalue weighted by molar-refractivity contribution is 0.244. The van der Waals surface area contributed by atoms with Crippen LogP contribution in [0, 0.1) is 0 Å². The number of pyridine rings is 1. The molecule has 76 valence electrons. The third-order valence-corrected chi connectivity index (χ3v) is 2.65. The van der Waals surface area contributed by atoms with Gasteiger partial charge in [0.05, 0.1) is 0 Å². The number of hydrogen-bond donors (Lipinski definition) is 1. The van der Waals surface area contributed by atoms with Crippen molar-refractivity contribution in [1.29, 1.82) is 0 Å². The second-order valence-electron chi connectivity index (χ2n) is 3.70. The molecule has 0 radical (unpaired) electrons. The Morgan fingerprint density at radius 3 is 2.93 bits per heavy atom. The van der Waals surface area contributed by atoms with Crippen molar-refractivity contribution >= 4 is 0 Å². The first-order valence-corrected chi connectivity index (χ1v) is 5.27. The first-order chi connectivity index (χ1) is 6.95. The molecule has 0 aliphatic carbocycles. The van der Waals surface area contributed by atoms with E-state index in [1.807, 2.05) is 18.5 Å². The van der Waals surface area contributed by atoms with Crippen molar-refractivity contribution < 1.29 is 0 Å². The summed E-state index contributed by atoms with van der Waals surface area (Å²) < 4.78 is 0. The average Bonchev–Trinajstić information content (AvgIpc) is 2.29. The van der Waals surface area contributed by atoms with E-state index in [-0.39, 0.29) is 0 Å². The van der Waals surface area contributed by atoms with Crippen LogP contribution < -0.4 is 5.32 Å². The third-order valence-electron chi connectivity index (χ3n) is 2.65. The van der Waals surface area contributed by atoms with Crippen LogP contribution in [0.2, 0.25) is 0 Å². The first-order valence-electron chi connectivity index (χ1n) is 5.27. The Labute approximate surface area is 85.1 Å². The highest BCUT2D eigenvalue weighted by molar-refractivity contribution is 5.08. The van der Waals surface area contributed by atoms with Gasteiger partial charge in [-0.25, -0.2) is 0 Å². The van der Waals surface area contributed by atoms with E-state index in [1.165, 1.54) is 18.7 Å². The maximum Gasteiger partial charge on any atom is 0.0300 e. The minimum Gasteiger partial charge on any atom is -0.314 e. The first kappa shape index (κ1) is 9.62. The van der Waals surface area contributed by atoms with E-state index in [2.05, 4.69) is 21.3 Å². The number of nitrogens with zero attached hydrogens (tertiary/aromatic N) is 2. The van der Waals surface area contributed by atoms with Crippen LogP contribution in [0.25, 0.3) is 0 Å². The number of nitrogens with one attached hydrogen (secondary N) is 1. The SMILES string of the molecule is c1cncc(CCN2CCNCC2)c1. The van der Waals surface area contributed by atoms with E-state index >= 15 is 0 Å². The zero-order valence-electron chi connectivity index (χ0n) is 8.45. The van der Waals surface area contributed by atoms with E-state index in [1.54, 1.807) is 0 Å². The topological polar surface area (TPSA) is 28.2 Å². The van der Waals surface area contributed by atoms with E-state index in [4.69, 9.17) is 0 Å². The van der Waals surface area contributed by atoms with Crippen molar-refractivity contribution in [3.05, 3.63) is 30.1 Å². The second-order valence-corrected chi connectivity index (χ2v) is 3.70. The molecule has 1 N–H and O–H groups in total. The summed E-state index contributed by atoms with van der Waals surface area (Å²) in [5.41, 5.74) is 1.34. The highest BCUT2D eigenvalue weighted by atomic mass is 15.2. The van der Waals surface area contributed by atoms with Crippen molar-refractivity contribution in [1.82, 2.24) is 15.2 Å². The lowest BCUT2D eigenvalue weighted by Crippen LogP contribution is -2.44. The molecule has 1 aromatic rings. The van der Waals surface area contributed by atoms with Crippen LogP contribution in [0.3, 0.4) is 0 Å². The number of hydrogen-bond acceptors (Lipinski definition) is 3. The summed E-state index contributed by atoms with van der Waals surface area (Å²) in [5.74, 6) is 0. The molecular formula is C11H17N3. The van der Waals surface area contributed by atoms with Crippen LogP contribution in [-0.4, -0.2) is 42.6 Å². The average molecular weight is 191 g/mol. The van der Waals surface area contributed by atoms with Crippen molar-refractivity contribution in [2.45, 2.75) is 6.42 Å². The molecule has 0 amide bonds. The molecule has 1 aliphatic heterocycles. The molecule has 1 saturated heterocycles. The van der Waals surface area contributed by atoms with Gasteiger partial charge in [-0.3, -0.25) is 4.98 Å². The molecule has 3 nitrogen and oxygen atoms in total. The van der Waals surface area contributed by atoms with Crippen molar-refractivity contribution in [2.24, 2.45) is 0 Å².